The Morgan fingerprint density at radius 1 is 1.08 bits per heavy atom. The normalized spacial score (nSPS) is 15.4. The molecule has 4 aromatic rings. The summed E-state index contributed by atoms with van der Waals surface area (Å²) in [5.74, 6) is 2.53. The smallest absolute Gasteiger partial charge is 0.234 e. The predicted molar refractivity (Wildman–Crippen MR) is 137 cm³/mol. The fraction of sp³-hybridized carbons (Fsp3) is 0.269. The van der Waals surface area contributed by atoms with Crippen LogP contribution in [0.2, 0.25) is 0 Å². The SMILES string of the molecule is N#Cc1nccc(NC2CCN(Cc3ccc(-c4nc5n(c4S)COc4ccncc4-5)cc3)CC2)n1. The topological polar surface area (TPSA) is 105 Å². The van der Waals surface area contributed by atoms with Crippen LogP contribution in [0.25, 0.3) is 22.6 Å². The number of thiol groups is 1. The average molecular weight is 497 g/mol. The summed E-state index contributed by atoms with van der Waals surface area (Å²) in [6.07, 6.45) is 7.16. The molecule has 6 rings (SSSR count). The molecule has 2 aliphatic heterocycles. The molecule has 0 radical (unpaired) electrons. The number of hydrogen-bond donors (Lipinski definition) is 2. The van der Waals surface area contributed by atoms with Crippen LogP contribution in [0.15, 0.2) is 60.0 Å². The molecule has 9 nitrogen and oxygen atoms in total. The number of anilines is 1. The number of pyridine rings is 1. The first kappa shape index (κ1) is 22.5. The van der Waals surface area contributed by atoms with Crippen LogP contribution in [-0.2, 0) is 13.3 Å². The van der Waals surface area contributed by atoms with Crippen LogP contribution in [0, 0.1) is 11.3 Å². The van der Waals surface area contributed by atoms with E-state index in [4.69, 9.17) is 27.6 Å². The van der Waals surface area contributed by atoms with E-state index in [0.717, 1.165) is 65.9 Å². The second kappa shape index (κ2) is 9.60. The molecule has 5 heterocycles. The summed E-state index contributed by atoms with van der Waals surface area (Å²) in [6.45, 7) is 3.28. The third-order valence-electron chi connectivity index (χ3n) is 6.64. The van der Waals surface area contributed by atoms with E-state index in [2.05, 4.69) is 49.4 Å². The van der Waals surface area contributed by atoms with E-state index in [-0.39, 0.29) is 5.82 Å². The predicted octanol–water partition coefficient (Wildman–Crippen LogP) is 3.99. The lowest BCUT2D eigenvalue weighted by Crippen LogP contribution is -2.38. The lowest BCUT2D eigenvalue weighted by molar-refractivity contribution is 0.211. The summed E-state index contributed by atoms with van der Waals surface area (Å²) in [4.78, 5) is 19.7. The highest BCUT2D eigenvalue weighted by Gasteiger charge is 2.24. The minimum Gasteiger partial charge on any atom is -0.472 e. The van der Waals surface area contributed by atoms with Crippen molar-refractivity contribution in [3.05, 3.63) is 66.4 Å². The second-order valence-corrected chi connectivity index (χ2v) is 9.37. The first-order valence-corrected chi connectivity index (χ1v) is 12.3. The van der Waals surface area contributed by atoms with Crippen molar-refractivity contribution in [1.82, 2.24) is 29.4 Å². The van der Waals surface area contributed by atoms with Crippen LogP contribution in [0.4, 0.5) is 5.82 Å². The van der Waals surface area contributed by atoms with E-state index >= 15 is 0 Å². The Bertz CT molecular complexity index is 1440. The van der Waals surface area contributed by atoms with Gasteiger partial charge < -0.3 is 10.1 Å². The maximum absolute atomic E-state index is 8.99. The fourth-order valence-corrected chi connectivity index (χ4v) is 5.07. The molecule has 1 saturated heterocycles. The maximum Gasteiger partial charge on any atom is 0.234 e. The summed E-state index contributed by atoms with van der Waals surface area (Å²) < 4.78 is 7.81. The van der Waals surface area contributed by atoms with Gasteiger partial charge in [-0.15, -0.1) is 12.6 Å². The van der Waals surface area contributed by atoms with Crippen molar-refractivity contribution >= 4 is 18.4 Å². The van der Waals surface area contributed by atoms with E-state index in [9.17, 15) is 0 Å². The Labute approximate surface area is 214 Å². The van der Waals surface area contributed by atoms with Gasteiger partial charge in [0.25, 0.3) is 0 Å². The van der Waals surface area contributed by atoms with Crippen LogP contribution in [0.3, 0.4) is 0 Å². The Morgan fingerprint density at radius 3 is 2.72 bits per heavy atom. The summed E-state index contributed by atoms with van der Waals surface area (Å²) >= 11 is 4.75. The maximum atomic E-state index is 8.99. The van der Waals surface area contributed by atoms with Crippen molar-refractivity contribution in [2.75, 3.05) is 18.4 Å². The van der Waals surface area contributed by atoms with Crippen LogP contribution in [-0.4, -0.2) is 48.5 Å². The first-order valence-electron chi connectivity index (χ1n) is 11.9. The van der Waals surface area contributed by atoms with Crippen molar-refractivity contribution < 1.29 is 4.74 Å². The number of likely N-dealkylation sites (tertiary alicyclic amines) is 1. The number of nitriles is 1. The molecule has 1 aromatic carbocycles. The molecule has 10 heteroatoms. The van der Waals surface area contributed by atoms with Crippen LogP contribution < -0.4 is 10.1 Å². The van der Waals surface area contributed by atoms with Gasteiger partial charge in [-0.1, -0.05) is 24.3 Å². The number of imidazole rings is 1. The minimum atomic E-state index is 0.191. The lowest BCUT2D eigenvalue weighted by atomic mass is 10.0. The first-order chi connectivity index (χ1) is 17.7. The number of nitrogens with one attached hydrogen (secondary N) is 1. The van der Waals surface area contributed by atoms with Gasteiger partial charge in [0.1, 0.15) is 34.2 Å². The molecule has 3 aromatic heterocycles. The number of piperidine rings is 1. The second-order valence-electron chi connectivity index (χ2n) is 8.95. The third kappa shape index (κ3) is 4.39. The highest BCUT2D eigenvalue weighted by molar-refractivity contribution is 7.80. The van der Waals surface area contributed by atoms with Crippen molar-refractivity contribution in [3.8, 4) is 34.5 Å². The van der Waals surface area contributed by atoms with Crippen molar-refractivity contribution in [1.29, 1.82) is 5.26 Å². The van der Waals surface area contributed by atoms with Gasteiger partial charge in [-0.2, -0.15) is 5.26 Å². The molecule has 0 atom stereocenters. The van der Waals surface area contributed by atoms with Gasteiger partial charge in [0, 0.05) is 49.8 Å². The summed E-state index contributed by atoms with van der Waals surface area (Å²) in [5, 5.41) is 13.2. The quantitative estimate of drug-likeness (QED) is 0.400. The molecule has 0 spiro atoms. The molecule has 0 aliphatic carbocycles. The van der Waals surface area contributed by atoms with Crippen molar-refractivity contribution in [2.45, 2.75) is 37.2 Å². The lowest BCUT2D eigenvalue weighted by Gasteiger charge is -2.32. The number of aromatic nitrogens is 5. The van der Waals surface area contributed by atoms with Gasteiger partial charge in [0.05, 0.1) is 5.56 Å². The van der Waals surface area contributed by atoms with Crippen molar-refractivity contribution in [2.24, 2.45) is 0 Å². The van der Waals surface area contributed by atoms with Crippen LogP contribution in [0.5, 0.6) is 5.75 Å². The molecule has 2 aliphatic rings. The molecule has 36 heavy (non-hydrogen) atoms. The highest BCUT2D eigenvalue weighted by Crippen LogP contribution is 2.38. The van der Waals surface area contributed by atoms with Crippen LogP contribution >= 0.6 is 12.6 Å². The zero-order valence-electron chi connectivity index (χ0n) is 19.5. The average Bonchev–Trinajstić information content (AvgIpc) is 3.27. The van der Waals surface area contributed by atoms with Gasteiger partial charge in [-0.3, -0.25) is 14.5 Å². The molecule has 1 N–H and O–H groups in total. The number of hydrogen-bond acceptors (Lipinski definition) is 9. The van der Waals surface area contributed by atoms with E-state index in [0.29, 0.717) is 18.6 Å². The van der Waals surface area contributed by atoms with E-state index in [1.807, 2.05) is 22.8 Å². The Hall–Kier alpha value is -3.94. The number of fused-ring (bicyclic) bond motifs is 3. The Morgan fingerprint density at radius 2 is 1.92 bits per heavy atom. The molecular weight excluding hydrogens is 472 g/mol. The Kier molecular flexibility index (Phi) is 6.01. The molecule has 0 unspecified atom stereocenters. The summed E-state index contributed by atoms with van der Waals surface area (Å²) in [7, 11) is 0. The molecule has 0 amide bonds. The molecule has 180 valence electrons. The monoisotopic (exact) mass is 496 g/mol. The van der Waals surface area contributed by atoms with Gasteiger partial charge in [-0.25, -0.2) is 15.0 Å². The zero-order chi connectivity index (χ0) is 24.5. The number of benzene rings is 1. The van der Waals surface area contributed by atoms with E-state index in [1.54, 1.807) is 18.6 Å². The molecule has 0 bridgehead atoms. The molecular formula is C26H24N8OS. The number of rotatable bonds is 5. The van der Waals surface area contributed by atoms with Gasteiger partial charge >= 0.3 is 0 Å². The summed E-state index contributed by atoms with van der Waals surface area (Å²) in [6, 6.07) is 14.6. The molecule has 0 saturated carbocycles. The van der Waals surface area contributed by atoms with E-state index < -0.39 is 0 Å². The number of ether oxygens (including phenoxy) is 1. The standard InChI is InChI=1S/C26H24N8OS/c27-13-23-29-10-6-22(31-23)30-19-7-11-33(12-8-19)15-17-1-3-18(4-2-17)24-26(36)34-16-35-21-5-9-28-14-20(21)25(34)32-24/h1-6,9-10,14,19,36H,7-8,11-12,15-16H2,(H,29,30,31). The summed E-state index contributed by atoms with van der Waals surface area (Å²) in [5.41, 5.74) is 4.02. The number of nitrogens with zero attached hydrogens (tertiary/aromatic N) is 7. The van der Waals surface area contributed by atoms with Gasteiger partial charge in [0.2, 0.25) is 5.82 Å². The van der Waals surface area contributed by atoms with Crippen LogP contribution in [0.1, 0.15) is 24.2 Å². The van der Waals surface area contributed by atoms with Crippen molar-refractivity contribution in [3.63, 3.8) is 0 Å². The van der Waals surface area contributed by atoms with E-state index in [1.165, 1.54) is 5.56 Å². The van der Waals surface area contributed by atoms with Gasteiger partial charge in [-0.05, 0) is 30.5 Å². The largest absolute Gasteiger partial charge is 0.472 e. The Balaban J connectivity index is 1.09. The third-order valence-corrected chi connectivity index (χ3v) is 7.09. The fourth-order valence-electron chi connectivity index (χ4n) is 4.74. The van der Waals surface area contributed by atoms with Gasteiger partial charge in [0.15, 0.2) is 6.73 Å². The zero-order valence-corrected chi connectivity index (χ0v) is 20.4. The minimum absolute atomic E-state index is 0.191. The highest BCUT2D eigenvalue weighted by atomic mass is 32.1. The molecule has 1 fully saturated rings.